The first-order valence-corrected chi connectivity index (χ1v) is 7.68. The van der Waals surface area contributed by atoms with Crippen LogP contribution in [-0.4, -0.2) is 36.5 Å². The number of rotatable bonds is 4. The molecule has 0 bridgehead atoms. The first-order chi connectivity index (χ1) is 10.8. The normalized spacial score (nSPS) is 16.9. The van der Waals surface area contributed by atoms with Gasteiger partial charge in [0.25, 0.3) is 0 Å². The van der Waals surface area contributed by atoms with Crippen LogP contribution >= 0.6 is 0 Å². The van der Waals surface area contributed by atoms with Crippen LogP contribution < -0.4 is 4.74 Å². The van der Waals surface area contributed by atoms with Gasteiger partial charge in [-0.15, -0.1) is 5.06 Å². The molecule has 0 aromatic heterocycles. The van der Waals surface area contributed by atoms with E-state index in [4.69, 9.17) is 9.57 Å². The third-order valence-electron chi connectivity index (χ3n) is 3.56. The van der Waals surface area contributed by atoms with Gasteiger partial charge < -0.3 is 9.57 Å². The molecule has 2 rings (SSSR count). The van der Waals surface area contributed by atoms with E-state index in [1.165, 1.54) is 12.1 Å². The van der Waals surface area contributed by atoms with Gasteiger partial charge in [-0.1, -0.05) is 0 Å². The van der Waals surface area contributed by atoms with E-state index < -0.39 is 11.2 Å². The number of carbonyl (C=O) groups excluding carboxylic acids is 2. The number of nitrogens with zero attached hydrogens (tertiary/aromatic N) is 1. The van der Waals surface area contributed by atoms with Crippen LogP contribution in [0.3, 0.4) is 0 Å². The minimum absolute atomic E-state index is 0.0964. The Bertz CT molecular complexity index is 574. The van der Waals surface area contributed by atoms with Crippen molar-refractivity contribution in [2.75, 3.05) is 13.1 Å². The molecule has 0 N–H and O–H groups in total. The Kier molecular flexibility index (Phi) is 5.36. The summed E-state index contributed by atoms with van der Waals surface area (Å²) in [6, 6.07) is 3.94. The summed E-state index contributed by atoms with van der Waals surface area (Å²) in [7, 11) is 0. The average Bonchev–Trinajstić information content (AvgIpc) is 2.47. The number of hydrogen-bond donors (Lipinski definition) is 0. The second-order valence-electron chi connectivity index (χ2n) is 6.71. The van der Waals surface area contributed by atoms with Gasteiger partial charge >= 0.3 is 5.97 Å². The SMILES string of the molecule is CC(C)(C)C(=O)ON1CCC(Oc2cc(F)cc(C=O)c2)CC1. The fourth-order valence-electron chi connectivity index (χ4n) is 2.21. The van der Waals surface area contributed by atoms with E-state index in [1.54, 1.807) is 25.8 Å². The topological polar surface area (TPSA) is 55.8 Å². The molecule has 0 spiro atoms. The highest BCUT2D eigenvalue weighted by Gasteiger charge is 2.29. The fourth-order valence-corrected chi connectivity index (χ4v) is 2.21. The Balaban J connectivity index is 1.86. The van der Waals surface area contributed by atoms with Crippen molar-refractivity contribution >= 4 is 12.3 Å². The van der Waals surface area contributed by atoms with Crippen molar-refractivity contribution in [3.63, 3.8) is 0 Å². The molecule has 1 saturated heterocycles. The molecule has 1 aromatic rings. The lowest BCUT2D eigenvalue weighted by molar-refractivity contribution is -0.207. The largest absolute Gasteiger partial charge is 0.490 e. The second-order valence-corrected chi connectivity index (χ2v) is 6.71. The quantitative estimate of drug-likeness (QED) is 0.797. The van der Waals surface area contributed by atoms with E-state index >= 15 is 0 Å². The molecule has 0 aliphatic carbocycles. The summed E-state index contributed by atoms with van der Waals surface area (Å²) >= 11 is 0. The van der Waals surface area contributed by atoms with Gasteiger partial charge in [-0.05, 0) is 32.9 Å². The number of halogens is 1. The third-order valence-corrected chi connectivity index (χ3v) is 3.56. The number of hydrogen-bond acceptors (Lipinski definition) is 5. The zero-order chi connectivity index (χ0) is 17.0. The monoisotopic (exact) mass is 323 g/mol. The first-order valence-electron chi connectivity index (χ1n) is 7.68. The summed E-state index contributed by atoms with van der Waals surface area (Å²) in [5.74, 6) is -0.420. The average molecular weight is 323 g/mol. The van der Waals surface area contributed by atoms with Crippen LogP contribution in [0.1, 0.15) is 44.0 Å². The summed E-state index contributed by atoms with van der Waals surface area (Å²) < 4.78 is 19.1. The lowest BCUT2D eigenvalue weighted by Gasteiger charge is -2.32. The maximum absolute atomic E-state index is 13.4. The molecule has 6 heteroatoms. The van der Waals surface area contributed by atoms with Crippen LogP contribution in [0, 0.1) is 11.2 Å². The van der Waals surface area contributed by atoms with Crippen molar-refractivity contribution in [2.24, 2.45) is 5.41 Å². The van der Waals surface area contributed by atoms with Gasteiger partial charge in [-0.2, -0.15) is 0 Å². The minimum Gasteiger partial charge on any atom is -0.490 e. The van der Waals surface area contributed by atoms with Crippen LogP contribution in [0.25, 0.3) is 0 Å². The van der Waals surface area contributed by atoms with Crippen LogP contribution in [0.15, 0.2) is 18.2 Å². The smallest absolute Gasteiger partial charge is 0.330 e. The Labute approximate surface area is 135 Å². The molecule has 0 saturated carbocycles. The predicted octanol–water partition coefficient (Wildman–Crippen LogP) is 2.99. The van der Waals surface area contributed by atoms with E-state index in [-0.39, 0.29) is 17.6 Å². The molecule has 0 atom stereocenters. The van der Waals surface area contributed by atoms with E-state index in [0.29, 0.717) is 38.0 Å². The molecule has 23 heavy (non-hydrogen) atoms. The fraction of sp³-hybridized carbons (Fsp3) is 0.529. The van der Waals surface area contributed by atoms with Crippen molar-refractivity contribution in [3.05, 3.63) is 29.6 Å². The molecule has 1 aliphatic heterocycles. The molecule has 1 aliphatic rings. The third kappa shape index (κ3) is 5.03. The molecule has 1 aromatic carbocycles. The predicted molar refractivity (Wildman–Crippen MR) is 82.6 cm³/mol. The standard InChI is InChI=1S/C17H22FNO4/c1-17(2,3)16(21)23-19-6-4-14(5-7-19)22-15-9-12(11-20)8-13(18)10-15/h8-11,14H,4-7H2,1-3H3. The number of benzene rings is 1. The lowest BCUT2D eigenvalue weighted by atomic mass is 9.98. The molecule has 1 heterocycles. The summed E-state index contributed by atoms with van der Waals surface area (Å²) in [4.78, 5) is 27.9. The van der Waals surface area contributed by atoms with E-state index in [2.05, 4.69) is 0 Å². The molecule has 0 unspecified atom stereocenters. The number of aldehydes is 1. The van der Waals surface area contributed by atoms with E-state index in [1.807, 2.05) is 0 Å². The molecule has 5 nitrogen and oxygen atoms in total. The number of hydroxylamine groups is 2. The molecule has 126 valence electrons. The molecule has 1 fully saturated rings. The van der Waals surface area contributed by atoms with Gasteiger partial charge in [0.2, 0.25) is 0 Å². The minimum atomic E-state index is -0.542. The van der Waals surface area contributed by atoms with Gasteiger partial charge in [0, 0.05) is 37.6 Å². The van der Waals surface area contributed by atoms with Gasteiger partial charge in [-0.3, -0.25) is 4.79 Å². The van der Waals surface area contributed by atoms with Gasteiger partial charge in [0.05, 0.1) is 5.41 Å². The Morgan fingerprint density at radius 3 is 2.48 bits per heavy atom. The van der Waals surface area contributed by atoms with Crippen molar-refractivity contribution < 1.29 is 23.6 Å². The van der Waals surface area contributed by atoms with Crippen LogP contribution in [0.5, 0.6) is 5.75 Å². The lowest BCUT2D eigenvalue weighted by Crippen LogP contribution is -2.41. The zero-order valence-electron chi connectivity index (χ0n) is 13.7. The highest BCUT2D eigenvalue weighted by Crippen LogP contribution is 2.23. The Morgan fingerprint density at radius 2 is 1.91 bits per heavy atom. The number of ether oxygens (including phenoxy) is 1. The van der Waals surface area contributed by atoms with Crippen molar-refractivity contribution in [3.8, 4) is 5.75 Å². The Morgan fingerprint density at radius 1 is 1.26 bits per heavy atom. The first kappa shape index (κ1) is 17.4. The van der Waals surface area contributed by atoms with E-state index in [9.17, 15) is 14.0 Å². The van der Waals surface area contributed by atoms with Crippen molar-refractivity contribution in [2.45, 2.75) is 39.7 Å². The van der Waals surface area contributed by atoms with Crippen LogP contribution in [0.2, 0.25) is 0 Å². The maximum atomic E-state index is 13.4. The molecular formula is C17H22FNO4. The van der Waals surface area contributed by atoms with Crippen molar-refractivity contribution in [1.29, 1.82) is 0 Å². The molecular weight excluding hydrogens is 301 g/mol. The number of carbonyl (C=O) groups is 2. The van der Waals surface area contributed by atoms with Crippen molar-refractivity contribution in [1.82, 2.24) is 5.06 Å². The van der Waals surface area contributed by atoms with Crippen LogP contribution in [0.4, 0.5) is 4.39 Å². The van der Waals surface area contributed by atoms with Gasteiger partial charge in [0.15, 0.2) is 0 Å². The van der Waals surface area contributed by atoms with Crippen LogP contribution in [-0.2, 0) is 9.63 Å². The highest BCUT2D eigenvalue weighted by atomic mass is 19.1. The Hall–Kier alpha value is -1.95. The zero-order valence-corrected chi connectivity index (χ0v) is 13.7. The molecule has 0 radical (unpaired) electrons. The summed E-state index contributed by atoms with van der Waals surface area (Å²) in [6.45, 7) is 6.53. The molecule has 0 amide bonds. The maximum Gasteiger partial charge on any atom is 0.330 e. The summed E-state index contributed by atoms with van der Waals surface area (Å²) in [5.41, 5.74) is -0.295. The second kappa shape index (κ2) is 7.08. The summed E-state index contributed by atoms with van der Waals surface area (Å²) in [5, 5.41) is 1.63. The highest BCUT2D eigenvalue weighted by molar-refractivity contribution is 5.75. The number of piperidine rings is 1. The van der Waals surface area contributed by atoms with Gasteiger partial charge in [-0.25, -0.2) is 9.18 Å². The van der Waals surface area contributed by atoms with Gasteiger partial charge in [0.1, 0.15) is 24.0 Å². The van der Waals surface area contributed by atoms with E-state index in [0.717, 1.165) is 6.07 Å². The summed E-state index contributed by atoms with van der Waals surface area (Å²) in [6.07, 6.45) is 1.81.